The van der Waals surface area contributed by atoms with Crippen LogP contribution in [0.3, 0.4) is 0 Å². The van der Waals surface area contributed by atoms with E-state index >= 15 is 0 Å². The molecule has 0 saturated carbocycles. The highest BCUT2D eigenvalue weighted by atomic mass is 32.1. The predicted molar refractivity (Wildman–Crippen MR) is 124 cm³/mol. The average Bonchev–Trinajstić information content (AvgIpc) is 3.48. The molecule has 1 saturated heterocycles. The molecule has 1 fully saturated rings. The number of fused-ring (bicyclic) bond motifs is 1. The number of ether oxygens (including phenoxy) is 2. The molecule has 170 valence electrons. The molecule has 0 atom stereocenters. The lowest BCUT2D eigenvalue weighted by Gasteiger charge is -2.33. The third-order valence-electron chi connectivity index (χ3n) is 5.67. The van der Waals surface area contributed by atoms with Gasteiger partial charge in [0.05, 0.1) is 10.6 Å². The van der Waals surface area contributed by atoms with Crippen molar-refractivity contribution in [3.63, 3.8) is 0 Å². The van der Waals surface area contributed by atoms with Gasteiger partial charge in [-0.15, -0.1) is 11.3 Å². The number of benzene rings is 2. The second-order valence-electron chi connectivity index (χ2n) is 7.81. The summed E-state index contributed by atoms with van der Waals surface area (Å²) in [4.78, 5) is 32.7. The number of amides is 1. The van der Waals surface area contributed by atoms with Gasteiger partial charge in [-0.3, -0.25) is 20.2 Å². The van der Waals surface area contributed by atoms with Crippen molar-refractivity contribution in [2.45, 2.75) is 0 Å². The van der Waals surface area contributed by atoms with Crippen molar-refractivity contribution in [2.75, 3.05) is 50.2 Å². The lowest BCUT2D eigenvalue weighted by atomic mass is 10.1. The molecular weight excluding hydrogens is 446 g/mol. The Balaban J connectivity index is 1.33. The number of nitro benzene ring substituents is 1. The van der Waals surface area contributed by atoms with E-state index in [1.54, 1.807) is 12.1 Å². The molecule has 3 heterocycles. The maximum Gasteiger partial charge on any atom is 0.293 e. The highest BCUT2D eigenvalue weighted by Gasteiger charge is 2.24. The van der Waals surface area contributed by atoms with E-state index in [0.717, 1.165) is 18.7 Å². The lowest BCUT2D eigenvalue weighted by Crippen LogP contribution is -2.44. The summed E-state index contributed by atoms with van der Waals surface area (Å²) in [5.41, 5.74) is 2.18. The van der Waals surface area contributed by atoms with Crippen LogP contribution in [0.15, 0.2) is 41.8 Å². The molecule has 0 bridgehead atoms. The number of aromatic nitrogens is 1. The number of rotatable bonds is 5. The van der Waals surface area contributed by atoms with E-state index < -0.39 is 10.8 Å². The summed E-state index contributed by atoms with van der Waals surface area (Å²) in [6.07, 6.45) is 0. The molecule has 0 radical (unpaired) electrons. The number of anilines is 2. The first-order chi connectivity index (χ1) is 16.0. The van der Waals surface area contributed by atoms with Gasteiger partial charge in [0.25, 0.3) is 11.6 Å². The van der Waals surface area contributed by atoms with Crippen molar-refractivity contribution in [2.24, 2.45) is 0 Å². The van der Waals surface area contributed by atoms with Crippen LogP contribution in [0.4, 0.5) is 16.5 Å². The number of nitrogens with zero attached hydrogens (tertiary/aromatic N) is 4. The van der Waals surface area contributed by atoms with E-state index in [1.165, 1.54) is 17.4 Å². The summed E-state index contributed by atoms with van der Waals surface area (Å²) in [6, 6.07) is 10.1. The molecule has 0 unspecified atom stereocenters. The minimum absolute atomic E-state index is 0.0765. The van der Waals surface area contributed by atoms with E-state index in [2.05, 4.69) is 15.2 Å². The summed E-state index contributed by atoms with van der Waals surface area (Å²) in [6.45, 7) is 3.25. The first-order valence-corrected chi connectivity index (χ1v) is 11.2. The van der Waals surface area contributed by atoms with E-state index in [4.69, 9.17) is 9.47 Å². The van der Waals surface area contributed by atoms with Crippen molar-refractivity contribution in [3.8, 4) is 22.8 Å². The molecule has 5 rings (SSSR count). The maximum absolute atomic E-state index is 12.8. The van der Waals surface area contributed by atoms with Gasteiger partial charge in [-0.1, -0.05) is 0 Å². The molecule has 1 N–H and O–H groups in total. The monoisotopic (exact) mass is 467 g/mol. The maximum atomic E-state index is 12.8. The predicted octanol–water partition coefficient (Wildman–Crippen LogP) is 3.45. The number of nitro groups is 1. The topological polar surface area (TPSA) is 110 Å². The number of likely N-dealkylation sites (N-methyl/N-ethyl adjacent to an activating group) is 1. The summed E-state index contributed by atoms with van der Waals surface area (Å²) in [5.74, 6) is 0.887. The standard InChI is InChI=1S/C22H21N5O5S/c1-25-6-8-26(9-7-25)17-4-2-15(10-18(17)27(29)30)21(28)24-22-23-16(12-33-22)14-3-5-19-20(11-14)32-13-31-19/h2-5,10-12H,6-9,13H2,1H3,(H,23,24,28). The van der Waals surface area contributed by atoms with Crippen molar-refractivity contribution in [1.82, 2.24) is 9.88 Å². The Morgan fingerprint density at radius 2 is 1.91 bits per heavy atom. The van der Waals surface area contributed by atoms with Crippen LogP contribution in [0.25, 0.3) is 11.3 Å². The van der Waals surface area contributed by atoms with Gasteiger partial charge < -0.3 is 19.3 Å². The third-order valence-corrected chi connectivity index (χ3v) is 6.43. The summed E-state index contributed by atoms with van der Waals surface area (Å²) in [7, 11) is 2.02. The molecule has 2 aliphatic heterocycles. The van der Waals surface area contributed by atoms with Gasteiger partial charge in [-0.25, -0.2) is 4.98 Å². The second-order valence-corrected chi connectivity index (χ2v) is 8.67. The van der Waals surface area contributed by atoms with Gasteiger partial charge in [0.15, 0.2) is 16.6 Å². The second kappa shape index (κ2) is 8.68. The van der Waals surface area contributed by atoms with Gasteiger partial charge >= 0.3 is 0 Å². The van der Waals surface area contributed by atoms with Crippen LogP contribution >= 0.6 is 11.3 Å². The zero-order valence-corrected chi connectivity index (χ0v) is 18.6. The fourth-order valence-electron chi connectivity index (χ4n) is 3.81. The van der Waals surface area contributed by atoms with Gasteiger partial charge in [0, 0.05) is 48.8 Å². The van der Waals surface area contributed by atoms with Crippen LogP contribution in [-0.2, 0) is 0 Å². The number of piperazine rings is 1. The van der Waals surface area contributed by atoms with Crippen LogP contribution in [0.5, 0.6) is 11.5 Å². The molecule has 2 aliphatic rings. The number of carbonyl (C=O) groups is 1. The van der Waals surface area contributed by atoms with Crippen LogP contribution in [0.1, 0.15) is 10.4 Å². The molecule has 0 aliphatic carbocycles. The summed E-state index contributed by atoms with van der Waals surface area (Å²) >= 11 is 1.28. The summed E-state index contributed by atoms with van der Waals surface area (Å²) < 4.78 is 10.7. The molecule has 1 aromatic heterocycles. The Bertz CT molecular complexity index is 1220. The molecular formula is C22H21N5O5S. The van der Waals surface area contributed by atoms with Crippen molar-refractivity contribution >= 4 is 33.8 Å². The fourth-order valence-corrected chi connectivity index (χ4v) is 4.53. The number of hydrogen-bond donors (Lipinski definition) is 1. The van der Waals surface area contributed by atoms with E-state index in [1.807, 2.05) is 35.5 Å². The Hall–Kier alpha value is -3.70. The molecule has 3 aromatic rings. The van der Waals surface area contributed by atoms with E-state index in [0.29, 0.717) is 41.1 Å². The molecule has 1 amide bonds. The quantitative estimate of drug-likeness (QED) is 0.449. The first kappa shape index (κ1) is 21.2. The van der Waals surface area contributed by atoms with Gasteiger partial charge in [0.1, 0.15) is 5.69 Å². The number of thiazole rings is 1. The van der Waals surface area contributed by atoms with Crippen LogP contribution in [-0.4, -0.2) is 60.7 Å². The van der Waals surface area contributed by atoms with Crippen molar-refractivity contribution in [3.05, 3.63) is 57.5 Å². The Kier molecular flexibility index (Phi) is 5.56. The highest BCUT2D eigenvalue weighted by molar-refractivity contribution is 7.14. The first-order valence-electron chi connectivity index (χ1n) is 10.4. The SMILES string of the molecule is CN1CCN(c2ccc(C(=O)Nc3nc(-c4ccc5c(c4)OCO5)cs3)cc2[N+](=O)[O-])CC1. The smallest absolute Gasteiger partial charge is 0.293 e. The summed E-state index contributed by atoms with van der Waals surface area (Å²) in [5, 5.41) is 16.7. The van der Waals surface area contributed by atoms with E-state index in [-0.39, 0.29) is 18.0 Å². The largest absolute Gasteiger partial charge is 0.454 e. The van der Waals surface area contributed by atoms with E-state index in [9.17, 15) is 14.9 Å². The molecule has 11 heteroatoms. The van der Waals surface area contributed by atoms with Crippen LogP contribution < -0.4 is 19.7 Å². The van der Waals surface area contributed by atoms with Crippen molar-refractivity contribution in [1.29, 1.82) is 0 Å². The minimum atomic E-state index is -0.449. The lowest BCUT2D eigenvalue weighted by molar-refractivity contribution is -0.384. The van der Waals surface area contributed by atoms with Gasteiger partial charge in [-0.2, -0.15) is 0 Å². The third kappa shape index (κ3) is 4.32. The van der Waals surface area contributed by atoms with Crippen LogP contribution in [0, 0.1) is 10.1 Å². The zero-order valence-electron chi connectivity index (χ0n) is 17.8. The Labute approximate surface area is 193 Å². The van der Waals surface area contributed by atoms with Gasteiger partial charge in [0.2, 0.25) is 6.79 Å². The number of hydrogen-bond acceptors (Lipinski definition) is 9. The Morgan fingerprint density at radius 3 is 2.70 bits per heavy atom. The normalized spacial score (nSPS) is 15.5. The number of carbonyl (C=O) groups excluding carboxylic acids is 1. The molecule has 2 aromatic carbocycles. The average molecular weight is 468 g/mol. The van der Waals surface area contributed by atoms with Gasteiger partial charge in [-0.05, 0) is 37.4 Å². The minimum Gasteiger partial charge on any atom is -0.454 e. The molecule has 0 spiro atoms. The molecule has 33 heavy (non-hydrogen) atoms. The zero-order chi connectivity index (χ0) is 22.9. The molecule has 10 nitrogen and oxygen atoms in total. The number of nitrogens with one attached hydrogen (secondary N) is 1. The van der Waals surface area contributed by atoms with Crippen molar-refractivity contribution < 1.29 is 19.2 Å². The van der Waals surface area contributed by atoms with Crippen LogP contribution in [0.2, 0.25) is 0 Å². The highest BCUT2D eigenvalue weighted by Crippen LogP contribution is 2.37. The fraction of sp³-hybridized carbons (Fsp3) is 0.273. The Morgan fingerprint density at radius 1 is 1.12 bits per heavy atom.